The van der Waals surface area contributed by atoms with E-state index in [1.165, 1.54) is 0 Å². The molecule has 0 fully saturated rings. The number of pyridine rings is 1. The summed E-state index contributed by atoms with van der Waals surface area (Å²) < 4.78 is 11.0. The number of rotatable bonds is 4. The molecule has 2 heterocycles. The van der Waals surface area contributed by atoms with Crippen molar-refractivity contribution in [3.05, 3.63) is 24.2 Å². The number of nitrogens with two attached hydrogens (primary N) is 1. The topological polar surface area (TPSA) is 87.1 Å². The van der Waals surface area contributed by atoms with E-state index in [0.717, 1.165) is 5.56 Å². The molecule has 0 bridgehead atoms. The normalized spacial score (nSPS) is 13.4. The highest BCUT2D eigenvalue weighted by atomic mass is 16.5. The van der Waals surface area contributed by atoms with Gasteiger partial charge in [-0.25, -0.2) is 4.98 Å². The second-order valence-corrected chi connectivity index (χ2v) is 5.63. The van der Waals surface area contributed by atoms with Crippen LogP contribution >= 0.6 is 0 Å². The van der Waals surface area contributed by atoms with Gasteiger partial charge in [0.1, 0.15) is 11.9 Å². The van der Waals surface area contributed by atoms with Crippen molar-refractivity contribution in [3.63, 3.8) is 0 Å². The quantitative estimate of drug-likeness (QED) is 0.923. The van der Waals surface area contributed by atoms with Crippen LogP contribution in [0.4, 0.5) is 5.82 Å². The Morgan fingerprint density at radius 1 is 1.35 bits per heavy atom. The number of anilines is 1. The average molecular weight is 276 g/mol. The summed E-state index contributed by atoms with van der Waals surface area (Å²) in [6, 6.07) is 3.50. The van der Waals surface area contributed by atoms with Crippen LogP contribution in [0.1, 0.15) is 39.6 Å². The molecule has 0 radical (unpaired) electrons. The molecular formula is C14H20N4O2. The van der Waals surface area contributed by atoms with E-state index in [1.54, 1.807) is 18.3 Å². The van der Waals surface area contributed by atoms with Crippen LogP contribution in [0.15, 0.2) is 22.9 Å². The molecule has 0 spiro atoms. The number of ether oxygens (including phenoxy) is 1. The Labute approximate surface area is 118 Å². The Hall–Kier alpha value is -1.95. The SMILES string of the molecule is CCOC(c1noc(-c2ccc(N)nc2)n1)C(C)(C)C. The maximum atomic E-state index is 5.74. The van der Waals surface area contributed by atoms with Gasteiger partial charge >= 0.3 is 0 Å². The van der Waals surface area contributed by atoms with Gasteiger partial charge in [0.2, 0.25) is 5.82 Å². The fraction of sp³-hybridized carbons (Fsp3) is 0.500. The smallest absolute Gasteiger partial charge is 0.259 e. The van der Waals surface area contributed by atoms with Crippen molar-refractivity contribution in [1.29, 1.82) is 0 Å². The molecule has 108 valence electrons. The van der Waals surface area contributed by atoms with Gasteiger partial charge in [-0.05, 0) is 24.5 Å². The summed E-state index contributed by atoms with van der Waals surface area (Å²) in [6.45, 7) is 8.77. The highest BCUT2D eigenvalue weighted by Gasteiger charge is 2.31. The Balaban J connectivity index is 2.29. The Bertz CT molecular complexity index is 557. The van der Waals surface area contributed by atoms with Crippen molar-refractivity contribution >= 4 is 5.82 Å². The van der Waals surface area contributed by atoms with E-state index in [-0.39, 0.29) is 11.5 Å². The molecule has 0 aliphatic heterocycles. The third-order valence-electron chi connectivity index (χ3n) is 2.83. The lowest BCUT2D eigenvalue weighted by molar-refractivity contribution is -0.0203. The summed E-state index contributed by atoms with van der Waals surface area (Å²) in [5.74, 6) is 1.42. The zero-order valence-electron chi connectivity index (χ0n) is 12.3. The lowest BCUT2D eigenvalue weighted by Gasteiger charge is -2.27. The van der Waals surface area contributed by atoms with Gasteiger partial charge in [-0.1, -0.05) is 25.9 Å². The molecule has 0 aromatic carbocycles. The second-order valence-electron chi connectivity index (χ2n) is 5.63. The van der Waals surface area contributed by atoms with Gasteiger partial charge < -0.3 is 15.0 Å². The van der Waals surface area contributed by atoms with Crippen LogP contribution in [-0.4, -0.2) is 21.7 Å². The summed E-state index contributed by atoms with van der Waals surface area (Å²) in [4.78, 5) is 8.43. The number of hydrogen-bond donors (Lipinski definition) is 1. The molecule has 0 aliphatic carbocycles. The molecule has 6 heteroatoms. The first-order valence-electron chi connectivity index (χ1n) is 6.59. The van der Waals surface area contributed by atoms with Crippen LogP contribution in [0.5, 0.6) is 0 Å². The Kier molecular flexibility index (Phi) is 4.04. The predicted octanol–water partition coefficient (Wildman–Crippen LogP) is 2.84. The Morgan fingerprint density at radius 2 is 2.10 bits per heavy atom. The first-order chi connectivity index (χ1) is 9.41. The first-order valence-corrected chi connectivity index (χ1v) is 6.59. The number of nitrogens with zero attached hydrogens (tertiary/aromatic N) is 3. The minimum atomic E-state index is -0.216. The predicted molar refractivity (Wildman–Crippen MR) is 75.8 cm³/mol. The summed E-state index contributed by atoms with van der Waals surface area (Å²) in [6.07, 6.45) is 1.39. The van der Waals surface area contributed by atoms with Crippen LogP contribution in [0.25, 0.3) is 11.5 Å². The summed E-state index contributed by atoms with van der Waals surface area (Å²) in [5.41, 5.74) is 6.18. The molecule has 1 unspecified atom stereocenters. The van der Waals surface area contributed by atoms with Gasteiger partial charge in [-0.2, -0.15) is 4.98 Å². The van der Waals surface area contributed by atoms with Gasteiger partial charge in [0.15, 0.2) is 0 Å². The fourth-order valence-corrected chi connectivity index (χ4v) is 1.87. The lowest BCUT2D eigenvalue weighted by atomic mass is 9.88. The average Bonchev–Trinajstić information content (AvgIpc) is 2.84. The van der Waals surface area contributed by atoms with Crippen molar-refractivity contribution < 1.29 is 9.26 Å². The molecule has 2 aromatic rings. The molecule has 0 saturated carbocycles. The number of hydrogen-bond acceptors (Lipinski definition) is 6. The van der Waals surface area contributed by atoms with E-state index < -0.39 is 0 Å². The first kappa shape index (κ1) is 14.5. The van der Waals surface area contributed by atoms with Crippen molar-refractivity contribution in [1.82, 2.24) is 15.1 Å². The minimum Gasteiger partial charge on any atom is -0.384 e. The number of nitrogen functional groups attached to an aromatic ring is 1. The van der Waals surface area contributed by atoms with Gasteiger partial charge in [-0.3, -0.25) is 0 Å². The standard InChI is InChI=1S/C14H20N4O2/c1-5-19-11(14(2,3)4)12-17-13(20-18-12)9-6-7-10(15)16-8-9/h6-8,11H,5H2,1-4H3,(H2,15,16). The molecule has 0 saturated heterocycles. The number of aromatic nitrogens is 3. The van der Waals surface area contributed by atoms with Crippen LogP contribution in [0.3, 0.4) is 0 Å². The zero-order chi connectivity index (χ0) is 14.8. The molecule has 2 N–H and O–H groups in total. The second kappa shape index (κ2) is 5.58. The molecule has 2 rings (SSSR count). The molecular weight excluding hydrogens is 256 g/mol. The van der Waals surface area contributed by atoms with E-state index in [9.17, 15) is 0 Å². The monoisotopic (exact) mass is 276 g/mol. The fourth-order valence-electron chi connectivity index (χ4n) is 1.87. The molecule has 2 aromatic heterocycles. The molecule has 20 heavy (non-hydrogen) atoms. The van der Waals surface area contributed by atoms with Crippen molar-refractivity contribution in [2.75, 3.05) is 12.3 Å². The van der Waals surface area contributed by atoms with Crippen LogP contribution < -0.4 is 5.73 Å². The highest BCUT2D eigenvalue weighted by Crippen LogP contribution is 2.35. The summed E-state index contributed by atoms with van der Waals surface area (Å²) in [5, 5.41) is 4.03. The minimum absolute atomic E-state index is 0.115. The lowest BCUT2D eigenvalue weighted by Crippen LogP contribution is -2.22. The van der Waals surface area contributed by atoms with E-state index in [4.69, 9.17) is 15.0 Å². The van der Waals surface area contributed by atoms with E-state index in [0.29, 0.717) is 24.1 Å². The maximum Gasteiger partial charge on any atom is 0.259 e. The third kappa shape index (κ3) is 3.14. The van der Waals surface area contributed by atoms with Crippen molar-refractivity contribution in [2.45, 2.75) is 33.8 Å². The molecule has 1 atom stereocenters. The van der Waals surface area contributed by atoms with Gasteiger partial charge in [0.25, 0.3) is 5.89 Å². The van der Waals surface area contributed by atoms with Crippen molar-refractivity contribution in [3.8, 4) is 11.5 Å². The van der Waals surface area contributed by atoms with Gasteiger partial charge in [0.05, 0.1) is 5.56 Å². The highest BCUT2D eigenvalue weighted by molar-refractivity contribution is 5.53. The van der Waals surface area contributed by atoms with Crippen LogP contribution in [-0.2, 0) is 4.74 Å². The molecule has 0 aliphatic rings. The van der Waals surface area contributed by atoms with E-state index in [2.05, 4.69) is 35.9 Å². The zero-order valence-corrected chi connectivity index (χ0v) is 12.3. The third-order valence-corrected chi connectivity index (χ3v) is 2.83. The van der Waals surface area contributed by atoms with Crippen LogP contribution in [0, 0.1) is 5.41 Å². The Morgan fingerprint density at radius 3 is 2.65 bits per heavy atom. The van der Waals surface area contributed by atoms with E-state index >= 15 is 0 Å². The van der Waals surface area contributed by atoms with Crippen molar-refractivity contribution in [2.24, 2.45) is 5.41 Å². The van der Waals surface area contributed by atoms with Crippen LogP contribution in [0.2, 0.25) is 0 Å². The van der Waals surface area contributed by atoms with Gasteiger partial charge in [-0.15, -0.1) is 0 Å². The van der Waals surface area contributed by atoms with E-state index in [1.807, 2.05) is 6.92 Å². The summed E-state index contributed by atoms with van der Waals surface area (Å²) in [7, 11) is 0. The van der Waals surface area contributed by atoms with Gasteiger partial charge in [0, 0.05) is 12.8 Å². The maximum absolute atomic E-state index is 5.74. The largest absolute Gasteiger partial charge is 0.384 e. The molecule has 0 amide bonds. The molecule has 6 nitrogen and oxygen atoms in total. The summed E-state index contributed by atoms with van der Waals surface area (Å²) >= 11 is 0.